The number of pyridine rings is 1. The van der Waals surface area contributed by atoms with E-state index < -0.39 is 5.97 Å². The summed E-state index contributed by atoms with van der Waals surface area (Å²) in [5.74, 6) is 0.536. The van der Waals surface area contributed by atoms with Crippen LogP contribution in [0.25, 0.3) is 0 Å². The topological polar surface area (TPSA) is 106 Å². The number of nitrogens with one attached hydrogen (secondary N) is 1. The molecular formula is C21H29N5O4. The normalized spacial score (nSPS) is 21.5. The molecular weight excluding hydrogens is 386 g/mol. The lowest BCUT2D eigenvalue weighted by atomic mass is 9.92. The summed E-state index contributed by atoms with van der Waals surface area (Å²) in [4.78, 5) is 44.8. The summed E-state index contributed by atoms with van der Waals surface area (Å²) in [6, 6.07) is 3.98. The maximum Gasteiger partial charge on any atom is 0.324 e. The number of nitrogens with zero attached hydrogens (tertiary/aromatic N) is 4. The molecule has 0 saturated carbocycles. The number of carboxylic acid groups (broad SMARTS) is 1. The number of likely N-dealkylation sites (tertiary alicyclic amines) is 1. The van der Waals surface area contributed by atoms with Crippen molar-refractivity contribution in [3.63, 3.8) is 0 Å². The van der Waals surface area contributed by atoms with Crippen LogP contribution in [0, 0.1) is 5.92 Å². The average molecular weight is 415 g/mol. The molecule has 0 radical (unpaired) electrons. The first-order chi connectivity index (χ1) is 14.5. The second kappa shape index (κ2) is 8.99. The summed E-state index contributed by atoms with van der Waals surface area (Å²) in [7, 11) is 0. The summed E-state index contributed by atoms with van der Waals surface area (Å²) in [5, 5.41) is 11.2. The van der Waals surface area contributed by atoms with E-state index in [1.54, 1.807) is 4.90 Å². The summed E-state index contributed by atoms with van der Waals surface area (Å²) >= 11 is 0. The van der Waals surface area contributed by atoms with Gasteiger partial charge in [-0.25, -0.2) is 9.78 Å². The monoisotopic (exact) mass is 415 g/mol. The van der Waals surface area contributed by atoms with Crippen molar-refractivity contribution in [3.8, 4) is 0 Å². The van der Waals surface area contributed by atoms with Gasteiger partial charge in [-0.05, 0) is 49.9 Å². The zero-order valence-electron chi connectivity index (χ0n) is 17.1. The zero-order chi connectivity index (χ0) is 21.1. The van der Waals surface area contributed by atoms with E-state index in [0.29, 0.717) is 18.9 Å². The van der Waals surface area contributed by atoms with Gasteiger partial charge in [0.05, 0.1) is 6.04 Å². The van der Waals surface area contributed by atoms with Gasteiger partial charge < -0.3 is 14.9 Å². The van der Waals surface area contributed by atoms with Crippen LogP contribution in [-0.4, -0.2) is 76.6 Å². The lowest BCUT2D eigenvalue weighted by Gasteiger charge is -2.46. The number of hydrogen-bond acceptors (Lipinski definition) is 6. The van der Waals surface area contributed by atoms with Gasteiger partial charge in [0, 0.05) is 45.2 Å². The van der Waals surface area contributed by atoms with Gasteiger partial charge in [-0.15, -0.1) is 0 Å². The molecule has 0 aliphatic carbocycles. The number of carbonyl (C=O) groups excluding carboxylic acids is 2. The molecule has 4 heterocycles. The molecule has 3 aliphatic heterocycles. The number of hydrogen-bond donors (Lipinski definition) is 2. The Hall–Kier alpha value is -2.68. The molecule has 2 N–H and O–H groups in total. The minimum Gasteiger partial charge on any atom is -0.481 e. The molecule has 0 aromatic carbocycles. The first-order valence-electron chi connectivity index (χ1n) is 10.7. The van der Waals surface area contributed by atoms with Crippen molar-refractivity contribution < 1.29 is 19.5 Å². The van der Waals surface area contributed by atoms with Crippen LogP contribution >= 0.6 is 0 Å². The van der Waals surface area contributed by atoms with E-state index in [1.807, 2.05) is 12.3 Å². The van der Waals surface area contributed by atoms with E-state index in [1.165, 1.54) is 5.56 Å². The van der Waals surface area contributed by atoms with Crippen LogP contribution < -0.4 is 10.2 Å². The largest absolute Gasteiger partial charge is 0.481 e. The fourth-order valence-corrected chi connectivity index (χ4v) is 4.48. The second-order valence-corrected chi connectivity index (χ2v) is 8.53. The number of aliphatic carboxylic acids is 1. The average Bonchev–Trinajstić information content (AvgIpc) is 2.69. The number of imide groups is 1. The van der Waals surface area contributed by atoms with Crippen molar-refractivity contribution in [2.75, 3.05) is 37.6 Å². The van der Waals surface area contributed by atoms with E-state index in [2.05, 4.69) is 26.2 Å². The van der Waals surface area contributed by atoms with Crippen LogP contribution in [0.2, 0.25) is 0 Å². The zero-order valence-corrected chi connectivity index (χ0v) is 17.1. The highest BCUT2D eigenvalue weighted by Gasteiger charge is 2.37. The van der Waals surface area contributed by atoms with Crippen molar-refractivity contribution in [1.82, 2.24) is 20.1 Å². The summed E-state index contributed by atoms with van der Waals surface area (Å²) in [6.45, 7) is 4.82. The first kappa shape index (κ1) is 20.6. The molecule has 3 aliphatic rings. The molecule has 3 amide bonds. The minimum atomic E-state index is -0.702. The van der Waals surface area contributed by atoms with Gasteiger partial charge in [0.1, 0.15) is 5.82 Å². The molecule has 9 heteroatoms. The highest BCUT2D eigenvalue weighted by Crippen LogP contribution is 2.25. The Morgan fingerprint density at radius 1 is 1.17 bits per heavy atom. The van der Waals surface area contributed by atoms with Crippen LogP contribution in [0.4, 0.5) is 10.6 Å². The molecule has 4 rings (SSSR count). The first-order valence-corrected chi connectivity index (χ1v) is 10.7. The van der Waals surface area contributed by atoms with E-state index >= 15 is 0 Å². The maximum atomic E-state index is 11.9. The SMILES string of the molecule is O=C(O)CCC1CCN(Cc2ccc(N3CC(N4CCC(=O)NC4=O)C3)nc2)CC1. The Bertz CT molecular complexity index is 785. The highest BCUT2D eigenvalue weighted by molar-refractivity contribution is 5.96. The van der Waals surface area contributed by atoms with E-state index in [0.717, 1.165) is 57.8 Å². The predicted molar refractivity (Wildman–Crippen MR) is 110 cm³/mol. The van der Waals surface area contributed by atoms with Crippen molar-refractivity contribution in [3.05, 3.63) is 23.9 Å². The Labute approximate surface area is 176 Å². The van der Waals surface area contributed by atoms with Crippen molar-refractivity contribution >= 4 is 23.7 Å². The van der Waals surface area contributed by atoms with Crippen LogP contribution in [0.3, 0.4) is 0 Å². The fourth-order valence-electron chi connectivity index (χ4n) is 4.48. The number of amides is 3. The molecule has 0 bridgehead atoms. The quantitative estimate of drug-likeness (QED) is 0.691. The molecule has 9 nitrogen and oxygen atoms in total. The number of piperidine rings is 1. The fraction of sp³-hybridized carbons (Fsp3) is 0.619. The number of aromatic nitrogens is 1. The van der Waals surface area contributed by atoms with Crippen molar-refractivity contribution in [2.24, 2.45) is 5.92 Å². The summed E-state index contributed by atoms with van der Waals surface area (Å²) in [6.07, 6.45) is 5.46. The van der Waals surface area contributed by atoms with Crippen LogP contribution in [0.5, 0.6) is 0 Å². The Morgan fingerprint density at radius 3 is 2.57 bits per heavy atom. The van der Waals surface area contributed by atoms with E-state index in [-0.39, 0.29) is 24.4 Å². The predicted octanol–water partition coefficient (Wildman–Crippen LogP) is 1.29. The number of anilines is 1. The van der Waals surface area contributed by atoms with Crippen LogP contribution in [0.1, 0.15) is 37.7 Å². The molecule has 1 aromatic heterocycles. The van der Waals surface area contributed by atoms with Gasteiger partial charge in [0.2, 0.25) is 5.91 Å². The van der Waals surface area contributed by atoms with Gasteiger partial charge in [0.15, 0.2) is 0 Å². The minimum absolute atomic E-state index is 0.127. The summed E-state index contributed by atoms with van der Waals surface area (Å²) < 4.78 is 0. The Morgan fingerprint density at radius 2 is 1.93 bits per heavy atom. The molecule has 3 saturated heterocycles. The van der Waals surface area contributed by atoms with Gasteiger partial charge in [-0.3, -0.25) is 19.8 Å². The third-order valence-electron chi connectivity index (χ3n) is 6.40. The molecule has 0 unspecified atom stereocenters. The molecule has 1 aromatic rings. The molecule has 162 valence electrons. The third-order valence-corrected chi connectivity index (χ3v) is 6.40. The third kappa shape index (κ3) is 4.89. The number of urea groups is 1. The molecule has 0 atom stereocenters. The number of rotatable bonds is 7. The Kier molecular flexibility index (Phi) is 6.17. The van der Waals surface area contributed by atoms with Gasteiger partial charge in [0.25, 0.3) is 0 Å². The van der Waals surface area contributed by atoms with E-state index in [9.17, 15) is 14.4 Å². The maximum absolute atomic E-state index is 11.9. The molecule has 0 spiro atoms. The Balaban J connectivity index is 1.20. The highest BCUT2D eigenvalue weighted by atomic mass is 16.4. The lowest BCUT2D eigenvalue weighted by molar-refractivity contribution is -0.137. The van der Waals surface area contributed by atoms with Crippen LogP contribution in [-0.2, 0) is 16.1 Å². The van der Waals surface area contributed by atoms with Gasteiger partial charge in [-0.2, -0.15) is 0 Å². The molecule has 30 heavy (non-hydrogen) atoms. The molecule has 3 fully saturated rings. The van der Waals surface area contributed by atoms with Crippen molar-refractivity contribution in [1.29, 1.82) is 0 Å². The standard InChI is InChI=1S/C21H29N5O4/c27-19-7-10-26(21(30)23-19)17-13-25(14-17)18-3-1-16(11-22-18)12-24-8-5-15(6-9-24)2-4-20(28)29/h1,3,11,15,17H,2,4-10,12-14H2,(H,28,29)(H,23,27,30). The number of carbonyl (C=O) groups is 3. The van der Waals surface area contributed by atoms with Crippen LogP contribution in [0.15, 0.2) is 18.3 Å². The summed E-state index contributed by atoms with van der Waals surface area (Å²) in [5.41, 5.74) is 1.17. The van der Waals surface area contributed by atoms with Gasteiger partial charge in [-0.1, -0.05) is 6.07 Å². The smallest absolute Gasteiger partial charge is 0.324 e. The van der Waals surface area contributed by atoms with E-state index in [4.69, 9.17) is 5.11 Å². The number of carboxylic acids is 1. The second-order valence-electron chi connectivity index (χ2n) is 8.53. The van der Waals surface area contributed by atoms with Crippen molar-refractivity contribution in [2.45, 2.75) is 44.7 Å². The van der Waals surface area contributed by atoms with Gasteiger partial charge >= 0.3 is 12.0 Å². The lowest BCUT2D eigenvalue weighted by Crippen LogP contribution is -2.65.